The van der Waals surface area contributed by atoms with Crippen LogP contribution in [0.5, 0.6) is 0 Å². The van der Waals surface area contributed by atoms with E-state index in [1.165, 1.54) is 24.0 Å². The van der Waals surface area contributed by atoms with Gasteiger partial charge in [0.05, 0.1) is 11.8 Å². The van der Waals surface area contributed by atoms with Gasteiger partial charge >= 0.3 is 6.18 Å². The first-order valence-corrected chi connectivity index (χ1v) is 7.78. The number of rotatable bonds is 3. The SMILES string of the molecule is CC(=O)NC1CCC(C(F)(F)F)N(C(=O)c2cnn(C(C)C)c2)C1. The summed E-state index contributed by atoms with van der Waals surface area (Å²) in [5.41, 5.74) is 0.112. The van der Waals surface area contributed by atoms with Gasteiger partial charge in [0.2, 0.25) is 5.91 Å². The van der Waals surface area contributed by atoms with Gasteiger partial charge in [-0.15, -0.1) is 0 Å². The van der Waals surface area contributed by atoms with Gasteiger partial charge in [0.1, 0.15) is 6.04 Å². The number of aromatic nitrogens is 2. The van der Waals surface area contributed by atoms with Crippen molar-refractivity contribution in [2.24, 2.45) is 0 Å². The van der Waals surface area contributed by atoms with E-state index in [9.17, 15) is 22.8 Å². The molecule has 0 radical (unpaired) electrons. The third-order valence-electron chi connectivity index (χ3n) is 4.01. The maximum absolute atomic E-state index is 13.3. The van der Waals surface area contributed by atoms with Gasteiger partial charge in [0, 0.05) is 31.7 Å². The summed E-state index contributed by atoms with van der Waals surface area (Å²) in [7, 11) is 0. The quantitative estimate of drug-likeness (QED) is 0.912. The predicted molar refractivity (Wildman–Crippen MR) is 80.3 cm³/mol. The standard InChI is InChI=1S/C15H21F3N4O2/c1-9(2)22-7-11(6-19-22)14(24)21-8-12(20-10(3)23)4-5-13(21)15(16,17)18/h6-7,9,12-13H,4-5,8H2,1-3H3,(H,20,23). The molecule has 1 aliphatic rings. The van der Waals surface area contributed by atoms with Crippen molar-refractivity contribution in [1.82, 2.24) is 20.0 Å². The topological polar surface area (TPSA) is 67.2 Å². The number of piperidine rings is 1. The van der Waals surface area contributed by atoms with Crippen molar-refractivity contribution in [3.05, 3.63) is 18.0 Å². The second kappa shape index (κ2) is 6.82. The second-order valence-corrected chi connectivity index (χ2v) is 6.29. The van der Waals surface area contributed by atoms with Crippen LogP contribution in [-0.2, 0) is 4.79 Å². The molecule has 0 aliphatic carbocycles. The maximum Gasteiger partial charge on any atom is 0.408 e. The van der Waals surface area contributed by atoms with Crippen LogP contribution in [0.25, 0.3) is 0 Å². The lowest BCUT2D eigenvalue weighted by Crippen LogP contribution is -2.58. The van der Waals surface area contributed by atoms with Crippen LogP contribution in [0.3, 0.4) is 0 Å². The first-order chi connectivity index (χ1) is 11.1. The summed E-state index contributed by atoms with van der Waals surface area (Å²) < 4.78 is 41.4. The monoisotopic (exact) mass is 346 g/mol. The summed E-state index contributed by atoms with van der Waals surface area (Å²) >= 11 is 0. The van der Waals surface area contributed by atoms with Gasteiger partial charge in [0.25, 0.3) is 5.91 Å². The second-order valence-electron chi connectivity index (χ2n) is 6.29. The van der Waals surface area contributed by atoms with Gasteiger partial charge in [-0.25, -0.2) is 0 Å². The average molecular weight is 346 g/mol. The highest BCUT2D eigenvalue weighted by Crippen LogP contribution is 2.33. The molecular formula is C15H21F3N4O2. The zero-order valence-corrected chi connectivity index (χ0v) is 13.8. The number of halogens is 3. The van der Waals surface area contributed by atoms with E-state index in [1.54, 1.807) is 0 Å². The molecule has 9 heteroatoms. The Morgan fingerprint density at radius 2 is 2.00 bits per heavy atom. The molecule has 2 heterocycles. The van der Waals surface area contributed by atoms with Crippen molar-refractivity contribution in [3.8, 4) is 0 Å². The van der Waals surface area contributed by atoms with Crippen LogP contribution in [0.2, 0.25) is 0 Å². The highest BCUT2D eigenvalue weighted by molar-refractivity contribution is 5.94. The number of hydrogen-bond acceptors (Lipinski definition) is 3. The lowest BCUT2D eigenvalue weighted by molar-refractivity contribution is -0.184. The van der Waals surface area contributed by atoms with E-state index in [0.29, 0.717) is 0 Å². The Kier molecular flexibility index (Phi) is 5.19. The molecule has 0 spiro atoms. The molecule has 0 saturated carbocycles. The minimum absolute atomic E-state index is 0.00144. The van der Waals surface area contributed by atoms with Gasteiger partial charge in [-0.2, -0.15) is 18.3 Å². The Morgan fingerprint density at radius 1 is 1.33 bits per heavy atom. The number of alkyl halides is 3. The molecule has 24 heavy (non-hydrogen) atoms. The zero-order chi connectivity index (χ0) is 18.1. The van der Waals surface area contributed by atoms with E-state index in [1.807, 2.05) is 13.8 Å². The average Bonchev–Trinajstić information content (AvgIpc) is 2.94. The normalized spacial score (nSPS) is 21.9. The molecule has 2 amide bonds. The van der Waals surface area contributed by atoms with Gasteiger partial charge in [-0.3, -0.25) is 14.3 Å². The number of likely N-dealkylation sites (tertiary alicyclic amines) is 1. The fraction of sp³-hybridized carbons (Fsp3) is 0.667. The van der Waals surface area contributed by atoms with Gasteiger partial charge in [-0.1, -0.05) is 0 Å². The molecule has 1 fully saturated rings. The Labute approximate surface area is 138 Å². The number of carbonyl (C=O) groups is 2. The molecule has 134 valence electrons. The highest BCUT2D eigenvalue weighted by atomic mass is 19.4. The Hall–Kier alpha value is -2.06. The van der Waals surface area contributed by atoms with Crippen molar-refractivity contribution in [2.45, 2.75) is 57.9 Å². The summed E-state index contributed by atoms with van der Waals surface area (Å²) in [5.74, 6) is -1.05. The summed E-state index contributed by atoms with van der Waals surface area (Å²) in [6, 6.07) is -2.33. The highest BCUT2D eigenvalue weighted by Gasteiger charge is 2.48. The van der Waals surface area contributed by atoms with Crippen LogP contribution in [0, 0.1) is 0 Å². The Balaban J connectivity index is 2.24. The molecule has 1 saturated heterocycles. The van der Waals surface area contributed by atoms with Crippen LogP contribution in [0.1, 0.15) is 50.0 Å². The summed E-state index contributed by atoms with van der Waals surface area (Å²) in [6.45, 7) is 4.84. The Morgan fingerprint density at radius 3 is 2.50 bits per heavy atom. The molecule has 0 bridgehead atoms. The number of amides is 2. The third kappa shape index (κ3) is 4.07. The molecule has 1 N–H and O–H groups in total. The molecule has 6 nitrogen and oxygen atoms in total. The fourth-order valence-electron chi connectivity index (χ4n) is 2.84. The summed E-state index contributed by atoms with van der Waals surface area (Å²) in [6.07, 6.45) is -1.84. The number of carbonyl (C=O) groups excluding carboxylic acids is 2. The smallest absolute Gasteiger partial charge is 0.352 e. The largest absolute Gasteiger partial charge is 0.408 e. The van der Waals surface area contributed by atoms with Crippen molar-refractivity contribution in [1.29, 1.82) is 0 Å². The van der Waals surface area contributed by atoms with Crippen molar-refractivity contribution >= 4 is 11.8 Å². The van der Waals surface area contributed by atoms with E-state index in [2.05, 4.69) is 10.4 Å². The first-order valence-electron chi connectivity index (χ1n) is 7.78. The minimum Gasteiger partial charge on any atom is -0.352 e. The van der Waals surface area contributed by atoms with Crippen LogP contribution < -0.4 is 5.32 Å². The number of hydrogen-bond donors (Lipinski definition) is 1. The van der Waals surface area contributed by atoms with E-state index in [-0.39, 0.29) is 36.9 Å². The van der Waals surface area contributed by atoms with Crippen molar-refractivity contribution < 1.29 is 22.8 Å². The lowest BCUT2D eigenvalue weighted by Gasteiger charge is -2.40. The van der Waals surface area contributed by atoms with Crippen LogP contribution >= 0.6 is 0 Å². The summed E-state index contributed by atoms with van der Waals surface area (Å²) in [5, 5.41) is 6.60. The predicted octanol–water partition coefficient (Wildman–Crippen LogP) is 2.14. The molecule has 1 aliphatic heterocycles. The molecule has 1 aromatic rings. The molecular weight excluding hydrogens is 325 g/mol. The van der Waals surface area contributed by atoms with E-state index in [0.717, 1.165) is 4.90 Å². The van der Waals surface area contributed by atoms with E-state index < -0.39 is 24.2 Å². The van der Waals surface area contributed by atoms with Gasteiger partial charge < -0.3 is 10.2 Å². The maximum atomic E-state index is 13.3. The molecule has 2 atom stereocenters. The fourth-order valence-corrected chi connectivity index (χ4v) is 2.84. The van der Waals surface area contributed by atoms with E-state index >= 15 is 0 Å². The number of nitrogens with zero attached hydrogens (tertiary/aromatic N) is 3. The third-order valence-corrected chi connectivity index (χ3v) is 4.01. The Bertz CT molecular complexity index is 612. The van der Waals surface area contributed by atoms with Crippen molar-refractivity contribution in [2.75, 3.05) is 6.54 Å². The van der Waals surface area contributed by atoms with Crippen LogP contribution in [0.4, 0.5) is 13.2 Å². The van der Waals surface area contributed by atoms with Gasteiger partial charge in [-0.05, 0) is 26.7 Å². The van der Waals surface area contributed by atoms with Crippen LogP contribution in [0.15, 0.2) is 12.4 Å². The molecule has 2 rings (SSSR count). The van der Waals surface area contributed by atoms with Crippen molar-refractivity contribution in [3.63, 3.8) is 0 Å². The molecule has 1 aromatic heterocycles. The zero-order valence-electron chi connectivity index (χ0n) is 13.8. The van der Waals surface area contributed by atoms with Gasteiger partial charge in [0.15, 0.2) is 0 Å². The van der Waals surface area contributed by atoms with Crippen LogP contribution in [-0.4, -0.2) is 51.3 Å². The molecule has 2 unspecified atom stereocenters. The number of nitrogens with one attached hydrogen (secondary N) is 1. The molecule has 0 aromatic carbocycles. The first kappa shape index (κ1) is 18.3. The lowest BCUT2D eigenvalue weighted by atomic mass is 9.97. The minimum atomic E-state index is -4.51. The van der Waals surface area contributed by atoms with E-state index in [4.69, 9.17) is 0 Å². The summed E-state index contributed by atoms with van der Waals surface area (Å²) in [4.78, 5) is 24.5.